The number of rotatable bonds is 5. The van der Waals surface area contributed by atoms with Gasteiger partial charge in [-0.15, -0.1) is 24.8 Å². The van der Waals surface area contributed by atoms with Gasteiger partial charge < -0.3 is 15.5 Å². The van der Waals surface area contributed by atoms with Crippen molar-refractivity contribution in [2.24, 2.45) is 7.05 Å². The summed E-state index contributed by atoms with van der Waals surface area (Å²) in [5.41, 5.74) is 0.901. The molecule has 22 heavy (non-hydrogen) atoms. The van der Waals surface area contributed by atoms with E-state index in [4.69, 9.17) is 0 Å². The minimum Gasteiger partial charge on any atom is -0.352 e. The Morgan fingerprint density at radius 1 is 1.41 bits per heavy atom. The highest BCUT2D eigenvalue weighted by Gasteiger charge is 2.25. The summed E-state index contributed by atoms with van der Waals surface area (Å²) in [5, 5.41) is 10.3. The lowest BCUT2D eigenvalue weighted by molar-refractivity contribution is -0.124. The quantitative estimate of drug-likeness (QED) is 0.834. The van der Waals surface area contributed by atoms with Crippen molar-refractivity contribution in [3.63, 3.8) is 0 Å². The van der Waals surface area contributed by atoms with Gasteiger partial charge in [-0.1, -0.05) is 6.92 Å². The molecule has 0 saturated carbocycles. The fraction of sp³-hybridized carbons (Fsp3) is 0.714. The van der Waals surface area contributed by atoms with Crippen molar-refractivity contribution in [3.05, 3.63) is 18.0 Å². The second-order valence-electron chi connectivity index (χ2n) is 5.39. The number of carbonyl (C=O) groups excluding carboxylic acids is 1. The third-order valence-corrected chi connectivity index (χ3v) is 3.99. The maximum Gasteiger partial charge on any atom is 0.242 e. The molecule has 1 aromatic rings. The third kappa shape index (κ3) is 5.43. The summed E-state index contributed by atoms with van der Waals surface area (Å²) in [7, 11) is 3.66. The number of hydrogen-bond acceptors (Lipinski definition) is 4. The Morgan fingerprint density at radius 2 is 2.05 bits per heavy atom. The van der Waals surface area contributed by atoms with Crippen LogP contribution in [0.5, 0.6) is 0 Å². The van der Waals surface area contributed by atoms with Crippen LogP contribution in [0.1, 0.15) is 31.4 Å². The number of likely N-dealkylation sites (N-methyl/N-ethyl adjacent to an activating group) is 1. The van der Waals surface area contributed by atoms with Gasteiger partial charge in [0.25, 0.3) is 0 Å². The first kappa shape index (κ1) is 21.2. The zero-order valence-corrected chi connectivity index (χ0v) is 15.0. The van der Waals surface area contributed by atoms with E-state index in [2.05, 4.69) is 27.6 Å². The van der Waals surface area contributed by atoms with Gasteiger partial charge in [-0.05, 0) is 26.4 Å². The van der Waals surface area contributed by atoms with Gasteiger partial charge in [0.05, 0.1) is 6.20 Å². The molecule has 0 aromatic carbocycles. The molecule has 0 radical (unpaired) electrons. The monoisotopic (exact) mass is 351 g/mol. The fourth-order valence-electron chi connectivity index (χ4n) is 2.72. The van der Waals surface area contributed by atoms with Gasteiger partial charge in [-0.25, -0.2) is 0 Å². The molecular weight excluding hydrogens is 325 g/mol. The third-order valence-electron chi connectivity index (χ3n) is 3.99. The number of likely N-dealkylation sites (tertiary alicyclic amines) is 1. The van der Waals surface area contributed by atoms with E-state index in [-0.39, 0.29) is 42.8 Å². The Bertz CT molecular complexity index is 446. The van der Waals surface area contributed by atoms with Crippen LogP contribution in [0.2, 0.25) is 0 Å². The molecule has 1 aliphatic heterocycles. The van der Waals surface area contributed by atoms with Crippen LogP contribution in [0.25, 0.3) is 0 Å². The predicted octanol–water partition coefficient (Wildman–Crippen LogP) is 1.12. The van der Waals surface area contributed by atoms with Gasteiger partial charge in [-0.3, -0.25) is 9.48 Å². The Morgan fingerprint density at radius 3 is 2.50 bits per heavy atom. The molecule has 6 nitrogen and oxygen atoms in total. The minimum absolute atomic E-state index is 0. The number of halogens is 2. The van der Waals surface area contributed by atoms with Crippen molar-refractivity contribution in [2.75, 3.05) is 26.7 Å². The maximum atomic E-state index is 12.4. The normalized spacial score (nSPS) is 17.2. The molecule has 1 fully saturated rings. The first-order valence-electron chi connectivity index (χ1n) is 7.32. The molecule has 2 heterocycles. The Hall–Kier alpha value is -0.820. The number of aromatic nitrogens is 2. The molecule has 1 aromatic heterocycles. The summed E-state index contributed by atoms with van der Waals surface area (Å²) in [4.78, 5) is 14.8. The first-order valence-corrected chi connectivity index (χ1v) is 7.32. The Kier molecular flexibility index (Phi) is 9.67. The molecule has 1 atom stereocenters. The van der Waals surface area contributed by atoms with Crippen LogP contribution in [0.4, 0.5) is 0 Å². The van der Waals surface area contributed by atoms with Gasteiger partial charge in [0.15, 0.2) is 0 Å². The van der Waals surface area contributed by atoms with E-state index in [1.54, 1.807) is 17.9 Å². The van der Waals surface area contributed by atoms with Crippen molar-refractivity contribution in [1.82, 2.24) is 25.3 Å². The summed E-state index contributed by atoms with van der Waals surface area (Å²) in [5.74, 6) is 0.0375. The van der Waals surface area contributed by atoms with Crippen molar-refractivity contribution < 1.29 is 4.79 Å². The Labute approximate surface area is 144 Å². The van der Waals surface area contributed by atoms with Crippen LogP contribution in [0.15, 0.2) is 12.4 Å². The van der Waals surface area contributed by atoms with Crippen LogP contribution in [-0.4, -0.2) is 53.3 Å². The van der Waals surface area contributed by atoms with Gasteiger partial charge in [0.1, 0.15) is 6.04 Å². The summed E-state index contributed by atoms with van der Waals surface area (Å²) in [6.07, 6.45) is 5.67. The van der Waals surface area contributed by atoms with Crippen LogP contribution in [-0.2, 0) is 11.8 Å². The number of nitrogens with zero attached hydrogens (tertiary/aromatic N) is 3. The van der Waals surface area contributed by atoms with Crippen molar-refractivity contribution in [1.29, 1.82) is 0 Å². The molecule has 128 valence electrons. The highest BCUT2D eigenvalue weighted by Crippen LogP contribution is 2.14. The maximum absolute atomic E-state index is 12.4. The minimum atomic E-state index is -0.326. The van der Waals surface area contributed by atoms with Crippen LogP contribution >= 0.6 is 24.8 Å². The average molecular weight is 352 g/mol. The number of aryl methyl sites for hydroxylation is 1. The molecule has 1 unspecified atom stereocenters. The smallest absolute Gasteiger partial charge is 0.242 e. The molecular formula is C14H27Cl2N5O. The van der Waals surface area contributed by atoms with Crippen LogP contribution < -0.4 is 10.6 Å². The zero-order chi connectivity index (χ0) is 14.5. The van der Waals surface area contributed by atoms with E-state index >= 15 is 0 Å². The SMILES string of the molecule is CCN1CCC(NC(=O)C(NC)c2cnn(C)c2)CC1.Cl.Cl. The fourth-order valence-corrected chi connectivity index (χ4v) is 2.72. The summed E-state index contributed by atoms with van der Waals surface area (Å²) >= 11 is 0. The number of nitrogens with one attached hydrogen (secondary N) is 2. The van der Waals surface area contributed by atoms with Gasteiger partial charge in [-0.2, -0.15) is 5.10 Å². The number of amides is 1. The topological polar surface area (TPSA) is 62.2 Å². The lowest BCUT2D eigenvalue weighted by Gasteiger charge is -2.32. The van der Waals surface area contributed by atoms with Gasteiger partial charge in [0.2, 0.25) is 5.91 Å². The molecule has 1 amide bonds. The van der Waals surface area contributed by atoms with Crippen LogP contribution in [0, 0.1) is 0 Å². The molecule has 2 N–H and O–H groups in total. The van der Waals surface area contributed by atoms with E-state index < -0.39 is 0 Å². The lowest BCUT2D eigenvalue weighted by Crippen LogP contribution is -2.47. The standard InChI is InChI=1S/C14H25N5O.2ClH/c1-4-19-7-5-12(6-8-19)17-14(20)13(15-2)11-9-16-18(3)10-11;;/h9-10,12-13,15H,4-8H2,1-3H3,(H,17,20);2*1H. The van der Waals surface area contributed by atoms with E-state index in [1.807, 2.05) is 13.2 Å². The van der Waals surface area contributed by atoms with E-state index in [9.17, 15) is 4.79 Å². The molecule has 0 spiro atoms. The average Bonchev–Trinajstić information content (AvgIpc) is 2.87. The zero-order valence-electron chi connectivity index (χ0n) is 13.4. The second-order valence-corrected chi connectivity index (χ2v) is 5.39. The van der Waals surface area contributed by atoms with Gasteiger partial charge >= 0.3 is 0 Å². The molecule has 1 aliphatic rings. The molecule has 2 rings (SSSR count). The lowest BCUT2D eigenvalue weighted by atomic mass is 10.0. The highest BCUT2D eigenvalue weighted by atomic mass is 35.5. The molecule has 1 saturated heterocycles. The first-order chi connectivity index (χ1) is 9.63. The number of carbonyl (C=O) groups is 1. The van der Waals surface area contributed by atoms with Crippen LogP contribution in [0.3, 0.4) is 0 Å². The summed E-state index contributed by atoms with van der Waals surface area (Å²) < 4.78 is 1.71. The summed E-state index contributed by atoms with van der Waals surface area (Å²) in [6.45, 7) is 5.41. The molecule has 8 heteroatoms. The largest absolute Gasteiger partial charge is 0.352 e. The van der Waals surface area contributed by atoms with Crippen molar-refractivity contribution >= 4 is 30.7 Å². The molecule has 0 aliphatic carbocycles. The predicted molar refractivity (Wildman–Crippen MR) is 92.8 cm³/mol. The molecule has 0 bridgehead atoms. The Balaban J connectivity index is 0.00000220. The second kappa shape index (κ2) is 10.0. The highest BCUT2D eigenvalue weighted by molar-refractivity contribution is 5.85. The van der Waals surface area contributed by atoms with E-state index in [0.29, 0.717) is 0 Å². The van der Waals surface area contributed by atoms with Crippen molar-refractivity contribution in [3.8, 4) is 0 Å². The van der Waals surface area contributed by atoms with Gasteiger partial charge in [0, 0.05) is 37.9 Å². The number of piperidine rings is 1. The van der Waals surface area contributed by atoms with Crippen molar-refractivity contribution in [2.45, 2.75) is 31.8 Å². The van der Waals surface area contributed by atoms with E-state index in [1.165, 1.54) is 0 Å². The van der Waals surface area contributed by atoms with E-state index in [0.717, 1.165) is 38.0 Å². The number of hydrogen-bond donors (Lipinski definition) is 2. The summed E-state index contributed by atoms with van der Waals surface area (Å²) in [6, 6.07) is -0.0364.